The van der Waals surface area contributed by atoms with Crippen LogP contribution in [0.5, 0.6) is 5.75 Å². The smallest absolute Gasteiger partial charge is 0.328 e. The van der Waals surface area contributed by atoms with Crippen molar-refractivity contribution in [1.82, 2.24) is 9.88 Å². The Balaban J connectivity index is 1.62. The molecule has 34 heavy (non-hydrogen) atoms. The normalized spacial score (nSPS) is 16.2. The molecule has 1 aromatic heterocycles. The number of carbonyl (C=O) groups is 2. The molecular formula is C25H21Cl2FN2O4. The van der Waals surface area contributed by atoms with Crippen molar-refractivity contribution in [3.8, 4) is 5.75 Å². The number of esters is 1. The molecule has 0 aliphatic carbocycles. The number of ether oxygens (including phenoxy) is 2. The van der Waals surface area contributed by atoms with Crippen LogP contribution >= 0.6 is 23.2 Å². The van der Waals surface area contributed by atoms with Gasteiger partial charge in [0.25, 0.3) is 5.91 Å². The van der Waals surface area contributed by atoms with E-state index in [0.717, 1.165) is 6.07 Å². The molecule has 4 rings (SSSR count). The standard InChI is InChI=1S/C25H21Cl2FN2O4/c1-33-25(32)21-7-4-12-30(21)24(31)15-8-11-22(19(28)13-15)34-23(17-5-2-3-6-18(17)27)20-10-9-16(26)14-29-20/h2-3,5-6,8-11,13-14,21,23H,4,7,12H2,1H3/t21-,23?/m0/s1. The van der Waals surface area contributed by atoms with Gasteiger partial charge in [0.15, 0.2) is 17.7 Å². The Hall–Kier alpha value is -3.16. The third-order valence-corrected chi connectivity index (χ3v) is 6.18. The summed E-state index contributed by atoms with van der Waals surface area (Å²) in [5, 5.41) is 0.877. The number of amides is 1. The van der Waals surface area contributed by atoms with Gasteiger partial charge in [-0.1, -0.05) is 41.4 Å². The van der Waals surface area contributed by atoms with E-state index in [-0.39, 0.29) is 11.3 Å². The topological polar surface area (TPSA) is 68.7 Å². The number of rotatable bonds is 6. The van der Waals surface area contributed by atoms with Gasteiger partial charge in [-0.05, 0) is 49.2 Å². The van der Waals surface area contributed by atoms with E-state index in [4.69, 9.17) is 32.7 Å². The van der Waals surface area contributed by atoms with E-state index in [1.54, 1.807) is 36.4 Å². The zero-order valence-electron chi connectivity index (χ0n) is 18.2. The SMILES string of the molecule is COC(=O)[C@@H]1CCCN1C(=O)c1ccc(OC(c2ccc(Cl)cn2)c2ccccc2Cl)c(F)c1. The second kappa shape index (κ2) is 10.4. The molecule has 1 fully saturated rings. The minimum atomic E-state index is -0.815. The summed E-state index contributed by atoms with van der Waals surface area (Å²) in [5.41, 5.74) is 1.19. The molecule has 3 aromatic rings. The number of hydrogen-bond acceptors (Lipinski definition) is 5. The van der Waals surface area contributed by atoms with Gasteiger partial charge < -0.3 is 14.4 Å². The minimum Gasteiger partial charge on any atom is -0.476 e. The molecular weight excluding hydrogens is 482 g/mol. The first-order chi connectivity index (χ1) is 16.4. The van der Waals surface area contributed by atoms with Gasteiger partial charge in [0, 0.05) is 28.9 Å². The molecule has 1 unspecified atom stereocenters. The summed E-state index contributed by atoms with van der Waals surface area (Å²) in [6.45, 7) is 0.398. The van der Waals surface area contributed by atoms with E-state index in [1.807, 2.05) is 0 Å². The maximum Gasteiger partial charge on any atom is 0.328 e. The summed E-state index contributed by atoms with van der Waals surface area (Å²) in [5.74, 6) is -1.74. The van der Waals surface area contributed by atoms with Crippen molar-refractivity contribution in [3.05, 3.63) is 93.5 Å². The number of pyridine rings is 1. The van der Waals surface area contributed by atoms with Crippen LogP contribution in [-0.4, -0.2) is 41.5 Å². The van der Waals surface area contributed by atoms with E-state index in [2.05, 4.69) is 4.98 Å². The van der Waals surface area contributed by atoms with E-state index in [0.29, 0.717) is 40.7 Å². The van der Waals surface area contributed by atoms with Crippen molar-refractivity contribution in [1.29, 1.82) is 0 Å². The van der Waals surface area contributed by atoms with Gasteiger partial charge in [-0.2, -0.15) is 0 Å². The zero-order valence-corrected chi connectivity index (χ0v) is 19.7. The third kappa shape index (κ3) is 5.00. The molecule has 176 valence electrons. The lowest BCUT2D eigenvalue weighted by atomic mass is 10.1. The van der Waals surface area contributed by atoms with Crippen LogP contribution in [0.3, 0.4) is 0 Å². The quantitative estimate of drug-likeness (QED) is 0.417. The lowest BCUT2D eigenvalue weighted by Gasteiger charge is -2.23. The largest absolute Gasteiger partial charge is 0.476 e. The van der Waals surface area contributed by atoms with Crippen LogP contribution in [0.2, 0.25) is 10.0 Å². The van der Waals surface area contributed by atoms with Gasteiger partial charge in [-0.3, -0.25) is 9.78 Å². The van der Waals surface area contributed by atoms with Gasteiger partial charge in [0.2, 0.25) is 0 Å². The molecule has 0 saturated carbocycles. The fourth-order valence-corrected chi connectivity index (χ4v) is 4.27. The molecule has 1 aliphatic heterocycles. The van der Waals surface area contributed by atoms with Crippen molar-refractivity contribution in [3.63, 3.8) is 0 Å². The Morgan fingerprint density at radius 3 is 2.62 bits per heavy atom. The predicted molar refractivity (Wildman–Crippen MR) is 126 cm³/mol. The Morgan fingerprint density at radius 2 is 1.94 bits per heavy atom. The van der Waals surface area contributed by atoms with Crippen molar-refractivity contribution in [2.45, 2.75) is 25.0 Å². The second-order valence-electron chi connectivity index (χ2n) is 7.75. The first-order valence-electron chi connectivity index (χ1n) is 10.6. The summed E-state index contributed by atoms with van der Waals surface area (Å²) in [6, 6.07) is 13.6. The van der Waals surface area contributed by atoms with Crippen LogP contribution in [0.15, 0.2) is 60.8 Å². The van der Waals surface area contributed by atoms with Crippen LogP contribution in [0.1, 0.15) is 40.6 Å². The number of carbonyl (C=O) groups excluding carboxylic acids is 2. The highest BCUT2D eigenvalue weighted by Crippen LogP contribution is 2.34. The highest BCUT2D eigenvalue weighted by atomic mass is 35.5. The highest BCUT2D eigenvalue weighted by molar-refractivity contribution is 6.31. The fraction of sp³-hybridized carbons (Fsp3) is 0.240. The van der Waals surface area contributed by atoms with Crippen LogP contribution in [0, 0.1) is 5.82 Å². The predicted octanol–water partition coefficient (Wildman–Crippen LogP) is 5.47. The molecule has 2 atom stereocenters. The first-order valence-corrected chi connectivity index (χ1v) is 11.4. The molecule has 2 heterocycles. The van der Waals surface area contributed by atoms with Crippen molar-refractivity contribution in [2.75, 3.05) is 13.7 Å². The molecule has 1 saturated heterocycles. The first kappa shape index (κ1) is 24.0. The zero-order chi connectivity index (χ0) is 24.2. The van der Waals surface area contributed by atoms with E-state index in [9.17, 15) is 9.59 Å². The van der Waals surface area contributed by atoms with Crippen molar-refractivity contribution in [2.24, 2.45) is 0 Å². The van der Waals surface area contributed by atoms with Crippen LogP contribution in [0.25, 0.3) is 0 Å². The third-order valence-electron chi connectivity index (χ3n) is 5.62. The summed E-state index contributed by atoms with van der Waals surface area (Å²) in [6.07, 6.45) is 1.83. The molecule has 0 bridgehead atoms. The summed E-state index contributed by atoms with van der Waals surface area (Å²) < 4.78 is 25.9. The Kier molecular flexibility index (Phi) is 7.34. The molecule has 1 amide bonds. The van der Waals surface area contributed by atoms with Crippen molar-refractivity contribution < 1.29 is 23.5 Å². The van der Waals surface area contributed by atoms with Crippen LogP contribution in [-0.2, 0) is 9.53 Å². The van der Waals surface area contributed by atoms with Gasteiger partial charge in [-0.25, -0.2) is 9.18 Å². The number of benzene rings is 2. The average Bonchev–Trinajstić information content (AvgIpc) is 3.33. The highest BCUT2D eigenvalue weighted by Gasteiger charge is 2.35. The van der Waals surface area contributed by atoms with E-state index >= 15 is 4.39 Å². The molecule has 1 aliphatic rings. The van der Waals surface area contributed by atoms with Gasteiger partial charge in [0.1, 0.15) is 6.04 Å². The molecule has 0 radical (unpaired) electrons. The maximum atomic E-state index is 15.1. The molecule has 6 nitrogen and oxygen atoms in total. The average molecular weight is 503 g/mol. The van der Waals surface area contributed by atoms with Gasteiger partial charge in [0.05, 0.1) is 17.8 Å². The minimum absolute atomic E-state index is 0.0795. The molecule has 0 N–H and O–H groups in total. The number of nitrogens with zero attached hydrogens (tertiary/aromatic N) is 2. The number of aromatic nitrogens is 1. The Morgan fingerprint density at radius 1 is 1.15 bits per heavy atom. The lowest BCUT2D eigenvalue weighted by molar-refractivity contribution is -0.145. The van der Waals surface area contributed by atoms with Crippen LogP contribution in [0.4, 0.5) is 4.39 Å². The van der Waals surface area contributed by atoms with E-state index < -0.39 is 29.8 Å². The number of hydrogen-bond donors (Lipinski definition) is 0. The maximum absolute atomic E-state index is 15.1. The second-order valence-corrected chi connectivity index (χ2v) is 8.59. The van der Waals surface area contributed by atoms with Gasteiger partial charge >= 0.3 is 5.97 Å². The summed E-state index contributed by atoms with van der Waals surface area (Å²) >= 11 is 12.3. The lowest BCUT2D eigenvalue weighted by Crippen LogP contribution is -2.41. The Labute approximate surface area is 206 Å². The summed E-state index contributed by atoms with van der Waals surface area (Å²) in [7, 11) is 1.28. The molecule has 0 spiro atoms. The fourth-order valence-electron chi connectivity index (χ4n) is 3.93. The van der Waals surface area contributed by atoms with E-state index in [1.165, 1.54) is 30.3 Å². The number of halogens is 3. The molecule has 9 heteroatoms. The van der Waals surface area contributed by atoms with Crippen molar-refractivity contribution >= 4 is 35.1 Å². The number of methoxy groups -OCH3 is 1. The van der Waals surface area contributed by atoms with Gasteiger partial charge in [-0.15, -0.1) is 0 Å². The van der Waals surface area contributed by atoms with Crippen LogP contribution < -0.4 is 4.74 Å². The molecule has 2 aromatic carbocycles. The summed E-state index contributed by atoms with van der Waals surface area (Å²) in [4.78, 5) is 30.7. The number of likely N-dealkylation sites (tertiary alicyclic amines) is 1. The monoisotopic (exact) mass is 502 g/mol. The Bertz CT molecular complexity index is 1210.